The van der Waals surface area contributed by atoms with E-state index in [1.165, 1.54) is 12.0 Å². The summed E-state index contributed by atoms with van der Waals surface area (Å²) >= 11 is 0. The van der Waals surface area contributed by atoms with Gasteiger partial charge in [0.1, 0.15) is 17.7 Å². The van der Waals surface area contributed by atoms with Crippen LogP contribution >= 0.6 is 0 Å². The number of carbonyl (C=O) groups excluding carboxylic acids is 2. The number of benzene rings is 1. The highest BCUT2D eigenvalue weighted by Gasteiger charge is 2.59. The average Bonchev–Trinajstić information content (AvgIpc) is 3.45. The summed E-state index contributed by atoms with van der Waals surface area (Å²) in [5.74, 6) is -3.36. The van der Waals surface area contributed by atoms with Crippen molar-refractivity contribution in [2.45, 2.75) is 51.9 Å². The molecule has 2 aliphatic rings. The summed E-state index contributed by atoms with van der Waals surface area (Å²) in [6.07, 6.45) is 0.644. The number of halogens is 2. The average molecular weight is 532 g/mol. The van der Waals surface area contributed by atoms with Crippen LogP contribution in [0, 0.1) is 23.0 Å². The number of fused-ring (bicyclic) bond motifs is 1. The Kier molecular flexibility index (Phi) is 6.87. The Labute approximate surface area is 215 Å². The van der Waals surface area contributed by atoms with E-state index in [4.69, 9.17) is 4.74 Å². The predicted molar refractivity (Wildman–Crippen MR) is 135 cm³/mol. The van der Waals surface area contributed by atoms with Gasteiger partial charge in [-0.15, -0.1) is 0 Å². The van der Waals surface area contributed by atoms with Crippen molar-refractivity contribution in [3.05, 3.63) is 47.2 Å². The molecular weight excluding hydrogens is 500 g/mol. The SMILES string of the molecule is COc1ccc2c(n1)CCN(C(=O)[C@@]1(C)C[C@@H]1CC(=O)O)[C@H]2C(=O)Nc1cc(F)c([Si](C)(C)C)c(F)c1. The molecule has 1 aliphatic carbocycles. The van der Waals surface area contributed by atoms with Crippen LogP contribution in [0.3, 0.4) is 0 Å². The molecule has 2 heterocycles. The highest BCUT2D eigenvalue weighted by Crippen LogP contribution is 2.56. The number of methoxy groups -OCH3 is 1. The van der Waals surface area contributed by atoms with Crippen LogP contribution in [-0.2, 0) is 20.8 Å². The Balaban J connectivity index is 1.68. The molecule has 1 saturated carbocycles. The van der Waals surface area contributed by atoms with E-state index >= 15 is 0 Å². The third-order valence-electron chi connectivity index (χ3n) is 7.28. The van der Waals surface area contributed by atoms with Gasteiger partial charge in [-0.2, -0.15) is 0 Å². The lowest BCUT2D eigenvalue weighted by Crippen LogP contribution is -2.48. The van der Waals surface area contributed by atoms with Gasteiger partial charge in [-0.25, -0.2) is 13.8 Å². The van der Waals surface area contributed by atoms with Gasteiger partial charge in [-0.3, -0.25) is 14.4 Å². The minimum atomic E-state index is -2.31. The Bertz CT molecular complexity index is 1260. The van der Waals surface area contributed by atoms with E-state index in [1.807, 2.05) is 19.6 Å². The smallest absolute Gasteiger partial charge is 0.303 e. The Hall–Kier alpha value is -3.34. The number of carboxylic acids is 1. The lowest BCUT2D eigenvalue weighted by Gasteiger charge is -2.37. The first-order valence-corrected chi connectivity index (χ1v) is 15.6. The van der Waals surface area contributed by atoms with Crippen molar-refractivity contribution in [2.24, 2.45) is 11.3 Å². The van der Waals surface area contributed by atoms with Crippen LogP contribution in [0.5, 0.6) is 5.88 Å². The second-order valence-electron chi connectivity index (χ2n) is 11.0. The molecule has 1 fully saturated rings. The van der Waals surface area contributed by atoms with Gasteiger partial charge in [-0.1, -0.05) is 26.6 Å². The van der Waals surface area contributed by atoms with E-state index in [0.717, 1.165) is 12.1 Å². The lowest BCUT2D eigenvalue weighted by atomic mass is 9.92. The molecule has 2 amide bonds. The number of ether oxygens (including phenoxy) is 1. The number of rotatable bonds is 7. The Morgan fingerprint density at radius 1 is 1.22 bits per heavy atom. The normalized spacial score (nSPS) is 22.7. The standard InChI is InChI=1S/C26H31F2N3O5Si/c1-26(13-14(26)10-21(32)33)25(35)31-9-8-19-16(6-7-20(30-19)36-2)22(31)24(34)29-15-11-17(27)23(18(28)12-15)37(3,4)5/h6-7,11-12,14,22H,8-10,13H2,1-5H3,(H,29,34)(H,32,33)/t14-,22+,26-/m0/s1. The fourth-order valence-electron chi connectivity index (χ4n) is 5.20. The van der Waals surface area contributed by atoms with E-state index in [-0.39, 0.29) is 35.7 Å². The second-order valence-corrected chi connectivity index (χ2v) is 16.0. The van der Waals surface area contributed by atoms with E-state index in [1.54, 1.807) is 19.1 Å². The lowest BCUT2D eigenvalue weighted by molar-refractivity contribution is -0.144. The fraction of sp³-hybridized carbons (Fsp3) is 0.462. The number of pyridine rings is 1. The van der Waals surface area contributed by atoms with Crippen molar-refractivity contribution >= 4 is 36.7 Å². The van der Waals surface area contributed by atoms with Crippen LogP contribution in [-0.4, -0.2) is 54.5 Å². The van der Waals surface area contributed by atoms with Crippen LogP contribution in [0.15, 0.2) is 24.3 Å². The summed E-state index contributed by atoms with van der Waals surface area (Å²) in [6, 6.07) is 4.33. The van der Waals surface area contributed by atoms with E-state index in [0.29, 0.717) is 30.0 Å². The second kappa shape index (κ2) is 9.51. The molecule has 0 saturated heterocycles. The molecule has 37 heavy (non-hydrogen) atoms. The molecule has 0 radical (unpaired) electrons. The van der Waals surface area contributed by atoms with Gasteiger partial charge in [0, 0.05) is 41.9 Å². The highest BCUT2D eigenvalue weighted by atomic mass is 28.3. The van der Waals surface area contributed by atoms with Crippen molar-refractivity contribution in [3.63, 3.8) is 0 Å². The first kappa shape index (κ1) is 26.7. The largest absolute Gasteiger partial charge is 0.481 e. The maximum absolute atomic E-state index is 14.8. The maximum atomic E-state index is 14.8. The molecule has 3 atom stereocenters. The number of anilines is 1. The van der Waals surface area contributed by atoms with Gasteiger partial charge in [0.05, 0.1) is 26.3 Å². The molecule has 0 unspecified atom stereocenters. The zero-order chi connectivity index (χ0) is 27.3. The van der Waals surface area contributed by atoms with Gasteiger partial charge >= 0.3 is 5.97 Å². The van der Waals surface area contributed by atoms with Gasteiger partial charge in [0.2, 0.25) is 11.8 Å². The highest BCUT2D eigenvalue weighted by molar-refractivity contribution is 6.88. The van der Waals surface area contributed by atoms with Gasteiger partial charge < -0.3 is 20.1 Å². The number of hydrogen-bond acceptors (Lipinski definition) is 5. The molecule has 4 rings (SSSR count). The molecule has 0 spiro atoms. The van der Waals surface area contributed by atoms with Gasteiger partial charge in [0.25, 0.3) is 5.91 Å². The van der Waals surface area contributed by atoms with E-state index < -0.39 is 43.0 Å². The summed E-state index contributed by atoms with van der Waals surface area (Å²) in [4.78, 5) is 44.3. The third-order valence-corrected chi connectivity index (χ3v) is 9.26. The first-order chi connectivity index (χ1) is 17.3. The minimum absolute atomic E-state index is 0.0488. The minimum Gasteiger partial charge on any atom is -0.481 e. The van der Waals surface area contributed by atoms with Crippen molar-refractivity contribution < 1.29 is 33.0 Å². The molecule has 11 heteroatoms. The molecule has 2 N–H and O–H groups in total. The molecule has 8 nitrogen and oxygen atoms in total. The van der Waals surface area contributed by atoms with Crippen molar-refractivity contribution in [1.82, 2.24) is 9.88 Å². The summed E-state index contributed by atoms with van der Waals surface area (Å²) in [5, 5.41) is 11.8. The monoisotopic (exact) mass is 531 g/mol. The summed E-state index contributed by atoms with van der Waals surface area (Å²) in [5.41, 5.74) is 0.116. The summed E-state index contributed by atoms with van der Waals surface area (Å²) < 4.78 is 34.9. The Morgan fingerprint density at radius 3 is 2.43 bits per heavy atom. The summed E-state index contributed by atoms with van der Waals surface area (Å²) in [6.45, 7) is 7.36. The van der Waals surface area contributed by atoms with Gasteiger partial charge in [-0.05, 0) is 30.5 Å². The van der Waals surface area contributed by atoms with Crippen LogP contribution in [0.4, 0.5) is 14.5 Å². The molecule has 0 bridgehead atoms. The number of carbonyl (C=O) groups is 3. The number of carboxylic acid groups (broad SMARTS) is 1. The molecule has 1 aromatic carbocycles. The number of nitrogens with one attached hydrogen (secondary N) is 1. The fourth-order valence-corrected chi connectivity index (χ4v) is 6.78. The van der Waals surface area contributed by atoms with Crippen LogP contribution < -0.4 is 15.2 Å². The first-order valence-electron chi connectivity index (χ1n) is 12.1. The van der Waals surface area contributed by atoms with E-state index in [9.17, 15) is 28.3 Å². The molecular formula is C26H31F2N3O5Si. The number of nitrogens with zero attached hydrogens (tertiary/aromatic N) is 2. The zero-order valence-electron chi connectivity index (χ0n) is 21.5. The summed E-state index contributed by atoms with van der Waals surface area (Å²) in [7, 11) is -0.836. The van der Waals surface area contributed by atoms with Crippen LogP contribution in [0.2, 0.25) is 19.6 Å². The topological polar surface area (TPSA) is 109 Å². The van der Waals surface area contributed by atoms with Gasteiger partial charge in [0.15, 0.2) is 0 Å². The number of hydrogen-bond donors (Lipinski definition) is 2. The molecule has 2 aromatic rings. The van der Waals surface area contributed by atoms with Crippen LogP contribution in [0.1, 0.15) is 37.1 Å². The van der Waals surface area contributed by atoms with Crippen molar-refractivity contribution in [2.75, 3.05) is 19.0 Å². The third kappa shape index (κ3) is 5.09. The van der Waals surface area contributed by atoms with Crippen molar-refractivity contribution in [1.29, 1.82) is 0 Å². The molecule has 1 aromatic heterocycles. The van der Waals surface area contributed by atoms with E-state index in [2.05, 4.69) is 10.3 Å². The zero-order valence-corrected chi connectivity index (χ0v) is 22.5. The van der Waals surface area contributed by atoms with Crippen LogP contribution in [0.25, 0.3) is 0 Å². The quantitative estimate of drug-likeness (QED) is 0.530. The number of aromatic nitrogens is 1. The molecule has 198 valence electrons. The Morgan fingerprint density at radius 2 is 1.86 bits per heavy atom. The number of aliphatic carboxylic acids is 1. The molecule has 1 aliphatic heterocycles. The van der Waals surface area contributed by atoms with Crippen molar-refractivity contribution in [3.8, 4) is 5.88 Å². The maximum Gasteiger partial charge on any atom is 0.303 e. The predicted octanol–water partition coefficient (Wildman–Crippen LogP) is 3.48. The number of amides is 2.